The van der Waals surface area contributed by atoms with E-state index >= 15 is 0 Å². The SMILES string of the molecule is Cc1ccc(Cn2c(SCC3OCCO3)nc3ccsc3c2=O)cc1. The highest BCUT2D eigenvalue weighted by atomic mass is 32.2. The molecule has 1 fully saturated rings. The van der Waals surface area contributed by atoms with Crippen LogP contribution in [0.3, 0.4) is 0 Å². The van der Waals surface area contributed by atoms with Gasteiger partial charge in [-0.1, -0.05) is 41.6 Å². The summed E-state index contributed by atoms with van der Waals surface area (Å²) < 4.78 is 13.4. The third kappa shape index (κ3) is 3.64. The van der Waals surface area contributed by atoms with Gasteiger partial charge >= 0.3 is 0 Å². The monoisotopic (exact) mass is 374 g/mol. The first-order chi connectivity index (χ1) is 12.2. The van der Waals surface area contributed by atoms with Crippen LogP contribution in [0.2, 0.25) is 0 Å². The van der Waals surface area contributed by atoms with Crippen molar-refractivity contribution in [1.29, 1.82) is 0 Å². The van der Waals surface area contributed by atoms with Gasteiger partial charge in [-0.15, -0.1) is 11.3 Å². The molecule has 0 saturated carbocycles. The molecule has 0 N–H and O–H groups in total. The number of nitrogens with zero attached hydrogens (tertiary/aromatic N) is 2. The summed E-state index contributed by atoms with van der Waals surface area (Å²) >= 11 is 2.94. The zero-order valence-electron chi connectivity index (χ0n) is 13.8. The van der Waals surface area contributed by atoms with E-state index in [0.29, 0.717) is 35.4 Å². The molecule has 7 heteroatoms. The summed E-state index contributed by atoms with van der Waals surface area (Å²) in [5.41, 5.74) is 3.05. The summed E-state index contributed by atoms with van der Waals surface area (Å²) in [6.07, 6.45) is -0.229. The van der Waals surface area contributed by atoms with Gasteiger partial charge in [-0.25, -0.2) is 4.98 Å². The van der Waals surface area contributed by atoms with E-state index in [1.54, 1.807) is 4.57 Å². The summed E-state index contributed by atoms with van der Waals surface area (Å²) in [6, 6.07) is 10.1. The first kappa shape index (κ1) is 16.8. The van der Waals surface area contributed by atoms with Gasteiger partial charge < -0.3 is 9.47 Å². The van der Waals surface area contributed by atoms with Gasteiger partial charge in [0.05, 0.1) is 31.0 Å². The van der Waals surface area contributed by atoms with Crippen molar-refractivity contribution in [1.82, 2.24) is 9.55 Å². The molecular formula is C18H18N2O3S2. The molecule has 0 radical (unpaired) electrons. The van der Waals surface area contributed by atoms with Crippen molar-refractivity contribution in [3.05, 3.63) is 57.2 Å². The number of aryl methyl sites for hydroxylation is 1. The van der Waals surface area contributed by atoms with E-state index in [1.165, 1.54) is 28.7 Å². The molecule has 130 valence electrons. The van der Waals surface area contributed by atoms with Gasteiger partial charge in [-0.2, -0.15) is 0 Å². The van der Waals surface area contributed by atoms with Gasteiger partial charge in [0.1, 0.15) is 4.70 Å². The number of benzene rings is 1. The molecule has 0 amide bonds. The zero-order valence-corrected chi connectivity index (χ0v) is 15.4. The smallest absolute Gasteiger partial charge is 0.272 e. The minimum Gasteiger partial charge on any atom is -0.349 e. The second-order valence-corrected chi connectivity index (χ2v) is 7.79. The molecule has 1 aliphatic heterocycles. The third-order valence-electron chi connectivity index (χ3n) is 4.03. The Kier molecular flexibility index (Phi) is 4.89. The number of hydrogen-bond donors (Lipinski definition) is 0. The van der Waals surface area contributed by atoms with Crippen LogP contribution in [0.15, 0.2) is 45.7 Å². The predicted octanol–water partition coefficient (Wildman–Crippen LogP) is 3.28. The van der Waals surface area contributed by atoms with Gasteiger partial charge in [-0.05, 0) is 23.9 Å². The largest absolute Gasteiger partial charge is 0.349 e. The maximum Gasteiger partial charge on any atom is 0.272 e. The van der Waals surface area contributed by atoms with Gasteiger partial charge in [0, 0.05) is 0 Å². The normalized spacial score (nSPS) is 15.2. The molecule has 2 aromatic heterocycles. The highest BCUT2D eigenvalue weighted by molar-refractivity contribution is 7.99. The lowest BCUT2D eigenvalue weighted by molar-refractivity contribution is -0.0215. The van der Waals surface area contributed by atoms with Gasteiger partial charge in [0.25, 0.3) is 5.56 Å². The van der Waals surface area contributed by atoms with Crippen molar-refractivity contribution in [2.75, 3.05) is 19.0 Å². The van der Waals surface area contributed by atoms with Crippen molar-refractivity contribution in [2.24, 2.45) is 0 Å². The molecule has 3 aromatic rings. The number of ether oxygens (including phenoxy) is 2. The zero-order chi connectivity index (χ0) is 17.2. The van der Waals surface area contributed by atoms with Crippen LogP contribution in [-0.4, -0.2) is 34.8 Å². The van der Waals surface area contributed by atoms with Crippen LogP contribution in [0.4, 0.5) is 0 Å². The Morgan fingerprint density at radius 2 is 2.00 bits per heavy atom. The molecule has 5 nitrogen and oxygen atoms in total. The number of rotatable bonds is 5. The van der Waals surface area contributed by atoms with E-state index < -0.39 is 0 Å². The molecule has 0 spiro atoms. The topological polar surface area (TPSA) is 53.4 Å². The number of fused-ring (bicyclic) bond motifs is 1. The second kappa shape index (κ2) is 7.29. The lowest BCUT2D eigenvalue weighted by Gasteiger charge is -2.14. The molecule has 0 unspecified atom stereocenters. The molecule has 1 aromatic carbocycles. The first-order valence-corrected chi connectivity index (χ1v) is 9.97. The summed E-state index contributed by atoms with van der Waals surface area (Å²) in [6.45, 7) is 3.81. The van der Waals surface area contributed by atoms with E-state index in [9.17, 15) is 4.79 Å². The number of hydrogen-bond acceptors (Lipinski definition) is 6. The van der Waals surface area contributed by atoms with Gasteiger partial charge in [0.15, 0.2) is 11.4 Å². The molecule has 0 bridgehead atoms. The predicted molar refractivity (Wildman–Crippen MR) is 101 cm³/mol. The summed E-state index contributed by atoms with van der Waals surface area (Å²) in [7, 11) is 0. The van der Waals surface area contributed by atoms with Crippen LogP contribution in [0.1, 0.15) is 11.1 Å². The standard InChI is InChI=1S/C18H18N2O3S2/c1-12-2-4-13(5-3-12)10-20-17(21)16-14(6-9-24-16)19-18(20)25-11-15-22-7-8-23-15/h2-6,9,15H,7-8,10-11H2,1H3. The molecular weight excluding hydrogens is 356 g/mol. The van der Waals surface area contributed by atoms with Crippen LogP contribution in [0.5, 0.6) is 0 Å². The highest BCUT2D eigenvalue weighted by Crippen LogP contribution is 2.23. The van der Waals surface area contributed by atoms with Crippen molar-refractivity contribution < 1.29 is 9.47 Å². The lowest BCUT2D eigenvalue weighted by atomic mass is 10.1. The molecule has 1 aliphatic rings. The van der Waals surface area contributed by atoms with E-state index in [-0.39, 0.29) is 11.8 Å². The fourth-order valence-corrected chi connectivity index (χ4v) is 4.42. The van der Waals surface area contributed by atoms with Crippen LogP contribution in [-0.2, 0) is 16.0 Å². The summed E-state index contributed by atoms with van der Waals surface area (Å²) in [5.74, 6) is 0.621. The minimum atomic E-state index is -0.229. The van der Waals surface area contributed by atoms with E-state index in [1.807, 2.05) is 11.4 Å². The molecule has 1 saturated heterocycles. The first-order valence-electron chi connectivity index (χ1n) is 8.10. The highest BCUT2D eigenvalue weighted by Gasteiger charge is 2.19. The summed E-state index contributed by atoms with van der Waals surface area (Å²) in [4.78, 5) is 17.6. The second-order valence-electron chi connectivity index (χ2n) is 5.89. The van der Waals surface area contributed by atoms with Crippen LogP contribution < -0.4 is 5.56 Å². The maximum atomic E-state index is 12.9. The van der Waals surface area contributed by atoms with Crippen LogP contribution >= 0.6 is 23.1 Å². The Hall–Kier alpha value is -1.67. The maximum absolute atomic E-state index is 12.9. The fraction of sp³-hybridized carbons (Fsp3) is 0.333. The molecule has 4 rings (SSSR count). The average molecular weight is 374 g/mol. The van der Waals surface area contributed by atoms with E-state index in [4.69, 9.17) is 14.5 Å². The number of thioether (sulfide) groups is 1. The molecule has 0 atom stereocenters. The van der Waals surface area contributed by atoms with Gasteiger partial charge in [0.2, 0.25) is 0 Å². The average Bonchev–Trinajstić information content (AvgIpc) is 3.29. The van der Waals surface area contributed by atoms with E-state index in [2.05, 4.69) is 31.2 Å². The van der Waals surface area contributed by atoms with Crippen molar-refractivity contribution in [3.8, 4) is 0 Å². The lowest BCUT2D eigenvalue weighted by Crippen LogP contribution is -2.24. The van der Waals surface area contributed by atoms with Crippen molar-refractivity contribution >= 4 is 33.3 Å². The Morgan fingerprint density at radius 3 is 2.76 bits per heavy atom. The number of aromatic nitrogens is 2. The summed E-state index contributed by atoms with van der Waals surface area (Å²) in [5, 5.41) is 2.61. The molecule has 25 heavy (non-hydrogen) atoms. The Morgan fingerprint density at radius 1 is 1.24 bits per heavy atom. The van der Waals surface area contributed by atoms with Crippen LogP contribution in [0, 0.1) is 6.92 Å². The van der Waals surface area contributed by atoms with Crippen molar-refractivity contribution in [2.45, 2.75) is 24.9 Å². The van der Waals surface area contributed by atoms with E-state index in [0.717, 1.165) is 11.1 Å². The molecule has 0 aliphatic carbocycles. The van der Waals surface area contributed by atoms with Crippen LogP contribution in [0.25, 0.3) is 10.2 Å². The minimum absolute atomic E-state index is 0.0105. The fourth-order valence-electron chi connectivity index (χ4n) is 2.70. The third-order valence-corrected chi connectivity index (χ3v) is 5.93. The van der Waals surface area contributed by atoms with Crippen molar-refractivity contribution in [3.63, 3.8) is 0 Å². The van der Waals surface area contributed by atoms with Gasteiger partial charge in [-0.3, -0.25) is 9.36 Å². The Bertz CT molecular complexity index is 928. The quantitative estimate of drug-likeness (QED) is 0.507. The number of thiophene rings is 1. The Balaban J connectivity index is 1.68. The Labute approximate surface area is 153 Å². The molecule has 3 heterocycles.